The van der Waals surface area contributed by atoms with Crippen LogP contribution in [0.4, 0.5) is 5.69 Å². The highest BCUT2D eigenvalue weighted by atomic mass is 16.5. The molecule has 162 valence electrons. The normalized spacial score (nSPS) is 20.5. The van der Waals surface area contributed by atoms with E-state index in [4.69, 9.17) is 9.47 Å². The van der Waals surface area contributed by atoms with Gasteiger partial charge < -0.3 is 9.47 Å². The summed E-state index contributed by atoms with van der Waals surface area (Å²) >= 11 is 0. The SMILES string of the molecule is COc1cccc([C@H]2CC(=O)N(c3ccccc3C)C3=C2C(=O)CC(C)(C)C3)c1OC. The Morgan fingerprint density at radius 2 is 1.71 bits per heavy atom. The highest BCUT2D eigenvalue weighted by molar-refractivity contribution is 6.08. The van der Waals surface area contributed by atoms with Crippen molar-refractivity contribution < 1.29 is 19.1 Å². The summed E-state index contributed by atoms with van der Waals surface area (Å²) in [5.74, 6) is 0.924. The molecule has 2 aliphatic rings. The number of aryl methyl sites for hydroxylation is 1. The van der Waals surface area contributed by atoms with Crippen molar-refractivity contribution in [2.24, 2.45) is 5.41 Å². The zero-order valence-electron chi connectivity index (χ0n) is 18.8. The molecule has 0 spiro atoms. The van der Waals surface area contributed by atoms with Crippen LogP contribution in [0.3, 0.4) is 0 Å². The lowest BCUT2D eigenvalue weighted by Gasteiger charge is -2.43. The maximum atomic E-state index is 13.6. The number of Topliss-reactive ketones (excluding diaryl/α,β-unsaturated/α-hetero) is 1. The fourth-order valence-electron chi connectivity index (χ4n) is 4.96. The van der Waals surface area contributed by atoms with Gasteiger partial charge >= 0.3 is 0 Å². The summed E-state index contributed by atoms with van der Waals surface area (Å²) in [5.41, 5.74) is 4.02. The highest BCUT2D eigenvalue weighted by Crippen LogP contribution is 2.50. The maximum Gasteiger partial charge on any atom is 0.232 e. The summed E-state index contributed by atoms with van der Waals surface area (Å²) in [6.45, 7) is 6.17. The van der Waals surface area contributed by atoms with Crippen LogP contribution in [0.25, 0.3) is 0 Å². The monoisotopic (exact) mass is 419 g/mol. The third kappa shape index (κ3) is 3.62. The standard InChI is InChI=1S/C26H29NO4/c1-16-9-6-7-11-19(16)27-20-14-26(2,3)15-21(28)24(20)18(13-23(27)29)17-10-8-12-22(30-4)25(17)31-5/h6-12,18H,13-15H2,1-5H3/t18-/m1/s1. The molecule has 0 radical (unpaired) electrons. The number of anilines is 1. The second-order valence-corrected chi connectivity index (χ2v) is 9.16. The lowest BCUT2D eigenvalue weighted by atomic mass is 9.69. The summed E-state index contributed by atoms with van der Waals surface area (Å²) in [6.07, 6.45) is 1.34. The van der Waals surface area contributed by atoms with Crippen LogP contribution in [0, 0.1) is 12.3 Å². The molecule has 31 heavy (non-hydrogen) atoms. The van der Waals surface area contributed by atoms with Crippen LogP contribution in [0.1, 0.15) is 50.2 Å². The van der Waals surface area contributed by atoms with Gasteiger partial charge in [0.1, 0.15) is 0 Å². The van der Waals surface area contributed by atoms with Crippen molar-refractivity contribution in [3.63, 3.8) is 0 Å². The molecule has 0 aromatic heterocycles. The van der Waals surface area contributed by atoms with E-state index in [1.54, 1.807) is 19.1 Å². The zero-order chi connectivity index (χ0) is 22.3. The van der Waals surface area contributed by atoms with E-state index in [0.29, 0.717) is 24.3 Å². The van der Waals surface area contributed by atoms with Crippen LogP contribution in [-0.2, 0) is 9.59 Å². The van der Waals surface area contributed by atoms with Crippen molar-refractivity contribution >= 4 is 17.4 Å². The molecule has 0 saturated carbocycles. The van der Waals surface area contributed by atoms with Crippen LogP contribution < -0.4 is 14.4 Å². The van der Waals surface area contributed by atoms with Crippen LogP contribution in [-0.4, -0.2) is 25.9 Å². The molecule has 0 unspecified atom stereocenters. The minimum atomic E-state index is -0.351. The van der Waals surface area contributed by atoms with Crippen LogP contribution >= 0.6 is 0 Å². The number of benzene rings is 2. The summed E-state index contributed by atoms with van der Waals surface area (Å²) < 4.78 is 11.1. The first-order valence-electron chi connectivity index (χ1n) is 10.6. The molecule has 5 nitrogen and oxygen atoms in total. The first-order valence-corrected chi connectivity index (χ1v) is 10.6. The van der Waals surface area contributed by atoms with E-state index in [-0.39, 0.29) is 29.4 Å². The van der Waals surface area contributed by atoms with Gasteiger partial charge in [0.15, 0.2) is 17.3 Å². The van der Waals surface area contributed by atoms with Gasteiger partial charge in [0.25, 0.3) is 0 Å². The van der Waals surface area contributed by atoms with Crippen molar-refractivity contribution in [1.82, 2.24) is 0 Å². The average molecular weight is 420 g/mol. The van der Waals surface area contributed by atoms with E-state index in [1.807, 2.05) is 49.4 Å². The van der Waals surface area contributed by atoms with Gasteiger partial charge in [-0.3, -0.25) is 14.5 Å². The van der Waals surface area contributed by atoms with Gasteiger partial charge in [0.05, 0.1) is 19.9 Å². The largest absolute Gasteiger partial charge is 0.493 e. The molecule has 1 aliphatic heterocycles. The number of amides is 1. The number of methoxy groups -OCH3 is 2. The summed E-state index contributed by atoms with van der Waals surface area (Å²) in [7, 11) is 3.18. The predicted molar refractivity (Wildman–Crippen MR) is 121 cm³/mol. The van der Waals surface area contributed by atoms with Crippen molar-refractivity contribution in [1.29, 1.82) is 0 Å². The van der Waals surface area contributed by atoms with Crippen molar-refractivity contribution in [3.05, 3.63) is 64.9 Å². The van der Waals surface area contributed by atoms with Crippen LogP contribution in [0.5, 0.6) is 11.5 Å². The van der Waals surface area contributed by atoms with Gasteiger partial charge in [0.2, 0.25) is 5.91 Å². The number of allylic oxidation sites excluding steroid dienone is 2. The second kappa shape index (κ2) is 7.88. The van der Waals surface area contributed by atoms with Gasteiger partial charge in [-0.25, -0.2) is 0 Å². The Kier molecular flexibility index (Phi) is 5.38. The maximum absolute atomic E-state index is 13.6. The molecule has 0 bridgehead atoms. The number of ether oxygens (including phenoxy) is 2. The molecule has 2 aromatic carbocycles. The minimum Gasteiger partial charge on any atom is -0.493 e. The Bertz CT molecular complexity index is 1080. The Morgan fingerprint density at radius 1 is 0.968 bits per heavy atom. The van der Waals surface area contributed by atoms with Gasteiger partial charge in [-0.2, -0.15) is 0 Å². The summed E-state index contributed by atoms with van der Waals surface area (Å²) in [5, 5.41) is 0. The number of ketones is 1. The number of carbonyl (C=O) groups excluding carboxylic acids is 2. The quantitative estimate of drug-likeness (QED) is 0.686. The minimum absolute atomic E-state index is 0.00609. The predicted octanol–water partition coefficient (Wildman–Crippen LogP) is 5.18. The molecule has 4 rings (SSSR count). The van der Waals surface area contributed by atoms with Gasteiger partial charge in [-0.05, 0) is 36.5 Å². The number of rotatable bonds is 4. The Morgan fingerprint density at radius 3 is 2.39 bits per heavy atom. The topological polar surface area (TPSA) is 55.8 Å². The summed E-state index contributed by atoms with van der Waals surface area (Å²) in [4.78, 5) is 28.8. The molecule has 0 fully saturated rings. The zero-order valence-corrected chi connectivity index (χ0v) is 18.8. The van der Waals surface area contributed by atoms with E-state index in [2.05, 4.69) is 13.8 Å². The number of hydrogen-bond donors (Lipinski definition) is 0. The molecule has 0 N–H and O–H groups in total. The molecule has 1 amide bonds. The molecule has 1 atom stereocenters. The van der Waals surface area contributed by atoms with Gasteiger partial charge in [0, 0.05) is 35.6 Å². The first kappa shape index (κ1) is 21.2. The van der Waals surface area contributed by atoms with E-state index in [1.165, 1.54) is 0 Å². The molecule has 5 heteroatoms. The number of nitrogens with zero attached hydrogens (tertiary/aromatic N) is 1. The molecular formula is C26H29NO4. The smallest absolute Gasteiger partial charge is 0.232 e. The van der Waals surface area contributed by atoms with E-state index in [9.17, 15) is 9.59 Å². The third-order valence-corrected chi connectivity index (χ3v) is 6.31. The Balaban J connectivity index is 1.95. The van der Waals surface area contributed by atoms with Crippen LogP contribution in [0.15, 0.2) is 53.7 Å². The number of hydrogen-bond acceptors (Lipinski definition) is 4. The lowest BCUT2D eigenvalue weighted by molar-refractivity contribution is -0.121. The Hall–Kier alpha value is -3.08. The van der Waals surface area contributed by atoms with Gasteiger partial charge in [-0.1, -0.05) is 44.2 Å². The van der Waals surface area contributed by atoms with Crippen molar-refractivity contribution in [2.75, 3.05) is 19.1 Å². The van der Waals surface area contributed by atoms with E-state index in [0.717, 1.165) is 28.1 Å². The van der Waals surface area contributed by atoms with E-state index < -0.39 is 0 Å². The lowest BCUT2D eigenvalue weighted by Crippen LogP contribution is -2.44. The first-order chi connectivity index (χ1) is 14.8. The third-order valence-electron chi connectivity index (χ3n) is 6.31. The number of para-hydroxylation sites is 2. The fourth-order valence-corrected chi connectivity index (χ4v) is 4.96. The highest BCUT2D eigenvalue weighted by Gasteiger charge is 2.45. The van der Waals surface area contributed by atoms with Crippen molar-refractivity contribution in [3.8, 4) is 11.5 Å². The Labute approximate surface area is 183 Å². The van der Waals surface area contributed by atoms with E-state index >= 15 is 0 Å². The molecule has 2 aromatic rings. The van der Waals surface area contributed by atoms with Crippen LogP contribution in [0.2, 0.25) is 0 Å². The summed E-state index contributed by atoms with van der Waals surface area (Å²) in [6, 6.07) is 13.5. The molecule has 0 saturated heterocycles. The fraction of sp³-hybridized carbons (Fsp3) is 0.385. The molecule has 1 heterocycles. The molecular weight excluding hydrogens is 390 g/mol. The second-order valence-electron chi connectivity index (χ2n) is 9.16. The molecule has 1 aliphatic carbocycles. The van der Waals surface area contributed by atoms with Crippen molar-refractivity contribution in [2.45, 2.75) is 46.0 Å². The van der Waals surface area contributed by atoms with Gasteiger partial charge in [-0.15, -0.1) is 0 Å². The number of carbonyl (C=O) groups is 2. The average Bonchev–Trinajstić information content (AvgIpc) is 2.72.